The van der Waals surface area contributed by atoms with E-state index in [0.717, 1.165) is 28.4 Å². The van der Waals surface area contributed by atoms with Gasteiger partial charge in [-0.05, 0) is 18.6 Å². The minimum atomic E-state index is 0.703. The molecule has 0 radical (unpaired) electrons. The monoisotopic (exact) mass is 299 g/mol. The molecule has 3 aromatic heterocycles. The molecule has 21 heavy (non-hydrogen) atoms. The average molecular weight is 299 g/mol. The first kappa shape index (κ1) is 13.8. The second-order valence-electron chi connectivity index (χ2n) is 4.76. The molecule has 5 nitrogen and oxygen atoms in total. The number of aromatic nitrogens is 4. The molecule has 0 unspecified atom stereocenters. The van der Waals surface area contributed by atoms with Gasteiger partial charge in [0.05, 0.1) is 5.69 Å². The van der Waals surface area contributed by atoms with Crippen LogP contribution < -0.4 is 5.32 Å². The number of nitrogens with one attached hydrogen (secondary N) is 1. The summed E-state index contributed by atoms with van der Waals surface area (Å²) in [5, 5.41) is 8.86. The molecule has 0 spiro atoms. The third-order valence-corrected chi connectivity index (χ3v) is 4.27. The summed E-state index contributed by atoms with van der Waals surface area (Å²) in [6.45, 7) is 2.84. The smallest absolute Gasteiger partial charge is 0.183 e. The van der Waals surface area contributed by atoms with Crippen LogP contribution in [-0.2, 0) is 20.0 Å². The van der Waals surface area contributed by atoms with Crippen LogP contribution in [0.1, 0.15) is 17.4 Å². The SMILES string of the molecule is CCc1cnc(NCc2cn(C)nc2-c2cccnc2)s1. The van der Waals surface area contributed by atoms with E-state index in [2.05, 4.69) is 27.3 Å². The zero-order valence-corrected chi connectivity index (χ0v) is 12.9. The van der Waals surface area contributed by atoms with Crippen LogP contribution in [0.25, 0.3) is 11.3 Å². The molecule has 0 bridgehead atoms. The van der Waals surface area contributed by atoms with Crippen LogP contribution in [0.2, 0.25) is 0 Å². The van der Waals surface area contributed by atoms with Gasteiger partial charge in [0.15, 0.2) is 5.13 Å². The van der Waals surface area contributed by atoms with Gasteiger partial charge in [-0.3, -0.25) is 9.67 Å². The van der Waals surface area contributed by atoms with Crippen molar-refractivity contribution in [2.75, 3.05) is 5.32 Å². The fraction of sp³-hybridized carbons (Fsp3) is 0.267. The number of anilines is 1. The number of aryl methyl sites for hydroxylation is 2. The Morgan fingerprint density at radius 1 is 1.33 bits per heavy atom. The Morgan fingerprint density at radius 3 is 2.95 bits per heavy atom. The predicted octanol–water partition coefficient (Wildman–Crippen LogP) is 3.11. The topological polar surface area (TPSA) is 55.6 Å². The highest BCUT2D eigenvalue weighted by Gasteiger charge is 2.10. The van der Waals surface area contributed by atoms with Crippen molar-refractivity contribution in [1.29, 1.82) is 0 Å². The maximum absolute atomic E-state index is 4.53. The van der Waals surface area contributed by atoms with E-state index in [-0.39, 0.29) is 0 Å². The Bertz CT molecular complexity index is 717. The van der Waals surface area contributed by atoms with Crippen LogP contribution in [0.5, 0.6) is 0 Å². The van der Waals surface area contributed by atoms with E-state index in [9.17, 15) is 0 Å². The van der Waals surface area contributed by atoms with Gasteiger partial charge in [0.25, 0.3) is 0 Å². The van der Waals surface area contributed by atoms with Crippen LogP contribution in [-0.4, -0.2) is 19.7 Å². The first-order valence-corrected chi connectivity index (χ1v) is 7.69. The minimum Gasteiger partial charge on any atom is -0.357 e. The van der Waals surface area contributed by atoms with Crippen LogP contribution in [0.3, 0.4) is 0 Å². The second kappa shape index (κ2) is 6.05. The summed E-state index contributed by atoms with van der Waals surface area (Å²) in [4.78, 5) is 9.83. The summed E-state index contributed by atoms with van der Waals surface area (Å²) in [6, 6.07) is 3.95. The van der Waals surface area contributed by atoms with Gasteiger partial charge in [-0.1, -0.05) is 6.92 Å². The van der Waals surface area contributed by atoms with Gasteiger partial charge in [0, 0.05) is 54.4 Å². The summed E-state index contributed by atoms with van der Waals surface area (Å²) in [5.41, 5.74) is 3.13. The van der Waals surface area contributed by atoms with Gasteiger partial charge < -0.3 is 5.32 Å². The molecule has 0 fully saturated rings. The molecule has 0 aliphatic rings. The molecule has 3 heterocycles. The number of hydrogen-bond acceptors (Lipinski definition) is 5. The van der Waals surface area contributed by atoms with E-state index in [0.29, 0.717) is 6.54 Å². The first-order chi connectivity index (χ1) is 10.3. The standard InChI is InChI=1S/C15H17N5S/c1-3-13-9-18-15(21-13)17-8-12-10-20(2)19-14(12)11-5-4-6-16-7-11/h4-7,9-10H,3,8H2,1-2H3,(H,17,18). The van der Waals surface area contributed by atoms with Gasteiger partial charge in [0.1, 0.15) is 0 Å². The lowest BCUT2D eigenvalue weighted by molar-refractivity contribution is 0.770. The van der Waals surface area contributed by atoms with E-state index >= 15 is 0 Å². The molecule has 0 aliphatic heterocycles. The highest BCUT2D eigenvalue weighted by molar-refractivity contribution is 7.15. The van der Waals surface area contributed by atoms with Crippen LogP contribution in [0.15, 0.2) is 36.9 Å². The maximum atomic E-state index is 4.53. The van der Waals surface area contributed by atoms with E-state index in [1.54, 1.807) is 17.5 Å². The van der Waals surface area contributed by atoms with Gasteiger partial charge in [-0.15, -0.1) is 11.3 Å². The van der Waals surface area contributed by atoms with Crippen molar-refractivity contribution < 1.29 is 0 Å². The number of nitrogens with zero attached hydrogens (tertiary/aromatic N) is 4. The minimum absolute atomic E-state index is 0.703. The molecular weight excluding hydrogens is 282 g/mol. The van der Waals surface area contributed by atoms with Crippen molar-refractivity contribution in [2.24, 2.45) is 7.05 Å². The van der Waals surface area contributed by atoms with Gasteiger partial charge in [-0.25, -0.2) is 4.98 Å². The fourth-order valence-electron chi connectivity index (χ4n) is 2.14. The van der Waals surface area contributed by atoms with Gasteiger partial charge in [0.2, 0.25) is 0 Å². The van der Waals surface area contributed by atoms with E-state index in [1.165, 1.54) is 4.88 Å². The van der Waals surface area contributed by atoms with Crippen molar-refractivity contribution in [2.45, 2.75) is 19.9 Å². The highest BCUT2D eigenvalue weighted by atomic mass is 32.1. The quantitative estimate of drug-likeness (QED) is 0.786. The fourth-order valence-corrected chi connectivity index (χ4v) is 2.88. The van der Waals surface area contributed by atoms with Crippen molar-refractivity contribution >= 4 is 16.5 Å². The van der Waals surface area contributed by atoms with Crippen LogP contribution >= 0.6 is 11.3 Å². The zero-order valence-electron chi connectivity index (χ0n) is 12.1. The maximum Gasteiger partial charge on any atom is 0.183 e. The molecule has 6 heteroatoms. The third-order valence-electron chi connectivity index (χ3n) is 3.17. The molecule has 0 aliphatic carbocycles. The number of hydrogen-bond donors (Lipinski definition) is 1. The molecule has 0 saturated carbocycles. The lowest BCUT2D eigenvalue weighted by atomic mass is 10.1. The lowest BCUT2D eigenvalue weighted by Crippen LogP contribution is -1.99. The number of pyridine rings is 1. The normalized spacial score (nSPS) is 10.8. The molecule has 108 valence electrons. The van der Waals surface area contributed by atoms with Gasteiger partial charge in [-0.2, -0.15) is 5.10 Å². The van der Waals surface area contributed by atoms with Crippen LogP contribution in [0, 0.1) is 0 Å². The summed E-state index contributed by atoms with van der Waals surface area (Å²) >= 11 is 1.70. The summed E-state index contributed by atoms with van der Waals surface area (Å²) in [7, 11) is 1.93. The Morgan fingerprint density at radius 2 is 2.24 bits per heavy atom. The molecule has 3 rings (SSSR count). The zero-order chi connectivity index (χ0) is 14.7. The molecular formula is C15H17N5S. The Labute approximate surface area is 127 Å². The molecule has 1 N–H and O–H groups in total. The molecule has 0 saturated heterocycles. The van der Waals surface area contributed by atoms with E-state index in [1.807, 2.05) is 42.5 Å². The molecule has 0 aromatic carbocycles. The first-order valence-electron chi connectivity index (χ1n) is 6.87. The van der Waals surface area contributed by atoms with Gasteiger partial charge >= 0.3 is 0 Å². The highest BCUT2D eigenvalue weighted by Crippen LogP contribution is 2.23. The van der Waals surface area contributed by atoms with E-state index < -0.39 is 0 Å². The number of rotatable bonds is 5. The average Bonchev–Trinajstić information content (AvgIpc) is 3.12. The molecule has 0 amide bonds. The Balaban J connectivity index is 1.79. The van der Waals surface area contributed by atoms with E-state index in [4.69, 9.17) is 0 Å². The Kier molecular flexibility index (Phi) is 3.96. The van der Waals surface area contributed by atoms with Crippen molar-refractivity contribution in [3.05, 3.63) is 47.4 Å². The number of thiazole rings is 1. The van der Waals surface area contributed by atoms with Crippen LogP contribution in [0.4, 0.5) is 5.13 Å². The summed E-state index contributed by atoms with van der Waals surface area (Å²) in [6.07, 6.45) is 8.59. The van der Waals surface area contributed by atoms with Crippen molar-refractivity contribution in [1.82, 2.24) is 19.7 Å². The second-order valence-corrected chi connectivity index (χ2v) is 5.87. The predicted molar refractivity (Wildman–Crippen MR) is 85.3 cm³/mol. The van der Waals surface area contributed by atoms with Crippen molar-refractivity contribution in [3.8, 4) is 11.3 Å². The summed E-state index contributed by atoms with van der Waals surface area (Å²) < 4.78 is 1.83. The van der Waals surface area contributed by atoms with Crippen molar-refractivity contribution in [3.63, 3.8) is 0 Å². The molecule has 3 aromatic rings. The Hall–Kier alpha value is -2.21. The molecule has 0 atom stereocenters. The third kappa shape index (κ3) is 3.11. The summed E-state index contributed by atoms with van der Waals surface area (Å²) in [5.74, 6) is 0. The largest absolute Gasteiger partial charge is 0.357 e. The lowest BCUT2D eigenvalue weighted by Gasteiger charge is -2.03.